The summed E-state index contributed by atoms with van der Waals surface area (Å²) in [6.45, 7) is 7.71. The predicted octanol–water partition coefficient (Wildman–Crippen LogP) is 0.796. The van der Waals surface area contributed by atoms with Crippen LogP contribution in [0.1, 0.15) is 26.3 Å². The zero-order valence-electron chi connectivity index (χ0n) is 11.4. The van der Waals surface area contributed by atoms with E-state index in [9.17, 15) is 8.42 Å². The Morgan fingerprint density at radius 1 is 1.50 bits per heavy atom. The van der Waals surface area contributed by atoms with Gasteiger partial charge in [-0.25, -0.2) is 8.42 Å². The Kier molecular flexibility index (Phi) is 5.30. The van der Waals surface area contributed by atoms with Gasteiger partial charge in [-0.2, -0.15) is 9.40 Å². The van der Waals surface area contributed by atoms with Gasteiger partial charge in [-0.15, -0.1) is 0 Å². The number of aromatic nitrogens is 2. The minimum absolute atomic E-state index is 0.187. The lowest BCUT2D eigenvalue weighted by Crippen LogP contribution is -2.31. The summed E-state index contributed by atoms with van der Waals surface area (Å²) in [7, 11) is -1.89. The van der Waals surface area contributed by atoms with Crippen LogP contribution in [0.2, 0.25) is 0 Å². The van der Waals surface area contributed by atoms with Crippen molar-refractivity contribution < 1.29 is 8.42 Å². The number of nitrogens with zero attached hydrogens (tertiary/aromatic N) is 2. The number of H-pyrrole nitrogens is 1. The maximum atomic E-state index is 12.3. The van der Waals surface area contributed by atoms with Crippen molar-refractivity contribution in [2.45, 2.75) is 32.3 Å². The number of nitrogens with one attached hydrogen (secondary N) is 2. The second-order valence-corrected chi connectivity index (χ2v) is 6.67. The topological polar surface area (TPSA) is 78.1 Å². The van der Waals surface area contributed by atoms with Gasteiger partial charge in [0.15, 0.2) is 5.03 Å². The van der Waals surface area contributed by atoms with Crippen LogP contribution in [0.3, 0.4) is 0 Å². The zero-order valence-corrected chi connectivity index (χ0v) is 12.2. The second kappa shape index (κ2) is 6.31. The van der Waals surface area contributed by atoms with Crippen LogP contribution >= 0.6 is 0 Å². The fourth-order valence-corrected chi connectivity index (χ4v) is 3.11. The monoisotopic (exact) mass is 274 g/mol. The molecule has 1 aromatic heterocycles. The maximum Gasteiger partial charge on any atom is 0.260 e. The predicted molar refractivity (Wildman–Crippen MR) is 70.6 cm³/mol. The van der Waals surface area contributed by atoms with Crippen molar-refractivity contribution in [3.63, 3.8) is 0 Å². The summed E-state index contributed by atoms with van der Waals surface area (Å²) in [4.78, 5) is 0. The Morgan fingerprint density at radius 3 is 2.72 bits per heavy atom. The van der Waals surface area contributed by atoms with Crippen molar-refractivity contribution in [3.8, 4) is 0 Å². The molecule has 1 aromatic rings. The summed E-state index contributed by atoms with van der Waals surface area (Å²) in [5.74, 6) is 0.282. The Labute approximate surface area is 109 Å². The van der Waals surface area contributed by atoms with E-state index in [0.29, 0.717) is 18.7 Å². The quantitative estimate of drug-likeness (QED) is 0.771. The van der Waals surface area contributed by atoms with Gasteiger partial charge < -0.3 is 5.32 Å². The molecular weight excluding hydrogens is 252 g/mol. The van der Waals surface area contributed by atoms with Gasteiger partial charge >= 0.3 is 0 Å². The summed E-state index contributed by atoms with van der Waals surface area (Å²) < 4.78 is 26.0. The summed E-state index contributed by atoms with van der Waals surface area (Å²) >= 11 is 0. The first kappa shape index (κ1) is 15.1. The largest absolute Gasteiger partial charge is 0.313 e. The lowest BCUT2D eigenvalue weighted by atomic mass is 10.2. The molecule has 1 rings (SSSR count). The molecule has 0 saturated heterocycles. The third-order valence-corrected chi connectivity index (χ3v) is 4.37. The van der Waals surface area contributed by atoms with Gasteiger partial charge in [-0.3, -0.25) is 5.10 Å². The zero-order chi connectivity index (χ0) is 13.8. The van der Waals surface area contributed by atoms with Gasteiger partial charge in [0.05, 0.1) is 6.20 Å². The smallest absolute Gasteiger partial charge is 0.260 e. The molecule has 0 aromatic carbocycles. The third kappa shape index (κ3) is 3.54. The van der Waals surface area contributed by atoms with E-state index >= 15 is 0 Å². The van der Waals surface area contributed by atoms with E-state index in [-0.39, 0.29) is 10.9 Å². The second-order valence-electron chi connectivity index (χ2n) is 4.68. The van der Waals surface area contributed by atoms with Crippen molar-refractivity contribution in [1.82, 2.24) is 19.8 Å². The van der Waals surface area contributed by atoms with Gasteiger partial charge in [0.25, 0.3) is 10.0 Å². The molecule has 18 heavy (non-hydrogen) atoms. The number of sulfonamides is 1. The summed E-state index contributed by atoms with van der Waals surface area (Å²) in [5, 5.41) is 9.71. The van der Waals surface area contributed by atoms with Gasteiger partial charge in [0.1, 0.15) is 0 Å². The standard InChI is InChI=1S/C11H22N4O2S/c1-5-12-6-10-7-13-14-11(10)18(16,17)15(4)8-9(2)3/h7,9,12H,5-6,8H2,1-4H3,(H,13,14). The SMILES string of the molecule is CCNCc1cn[nH]c1S(=O)(=O)N(C)CC(C)C. The molecule has 0 radical (unpaired) electrons. The Bertz CT molecular complexity index is 467. The highest BCUT2D eigenvalue weighted by Gasteiger charge is 2.26. The number of hydrogen-bond donors (Lipinski definition) is 2. The molecule has 104 valence electrons. The fraction of sp³-hybridized carbons (Fsp3) is 0.727. The Morgan fingerprint density at radius 2 is 2.17 bits per heavy atom. The van der Waals surface area contributed by atoms with E-state index in [2.05, 4.69) is 15.5 Å². The van der Waals surface area contributed by atoms with Crippen molar-refractivity contribution >= 4 is 10.0 Å². The molecule has 1 heterocycles. The number of hydrogen-bond acceptors (Lipinski definition) is 4. The average Bonchev–Trinajstić information content (AvgIpc) is 2.73. The summed E-state index contributed by atoms with van der Waals surface area (Å²) in [6, 6.07) is 0. The molecule has 0 fully saturated rings. The van der Waals surface area contributed by atoms with Gasteiger partial charge in [0, 0.05) is 25.7 Å². The molecular formula is C11H22N4O2S. The van der Waals surface area contributed by atoms with Crippen LogP contribution in [0.25, 0.3) is 0 Å². The van der Waals surface area contributed by atoms with Crippen LogP contribution in [-0.4, -0.2) is 43.1 Å². The fourth-order valence-electron chi connectivity index (χ4n) is 1.68. The lowest BCUT2D eigenvalue weighted by Gasteiger charge is -2.18. The van der Waals surface area contributed by atoms with Crippen molar-refractivity contribution in [2.24, 2.45) is 5.92 Å². The molecule has 0 unspecified atom stereocenters. The van der Waals surface area contributed by atoms with Crippen molar-refractivity contribution in [1.29, 1.82) is 0 Å². The minimum Gasteiger partial charge on any atom is -0.313 e. The van der Waals surface area contributed by atoms with E-state index in [0.717, 1.165) is 6.54 Å². The lowest BCUT2D eigenvalue weighted by molar-refractivity contribution is 0.414. The first-order valence-corrected chi connectivity index (χ1v) is 7.52. The molecule has 2 N–H and O–H groups in total. The summed E-state index contributed by atoms with van der Waals surface area (Å²) in [6.07, 6.45) is 1.55. The van der Waals surface area contributed by atoms with Crippen LogP contribution in [0.4, 0.5) is 0 Å². The molecule has 0 aliphatic carbocycles. The molecule has 0 saturated carbocycles. The molecule has 0 atom stereocenters. The highest BCUT2D eigenvalue weighted by molar-refractivity contribution is 7.89. The molecule has 6 nitrogen and oxygen atoms in total. The van der Waals surface area contributed by atoms with Crippen molar-refractivity contribution in [3.05, 3.63) is 11.8 Å². The molecule has 0 amide bonds. The van der Waals surface area contributed by atoms with E-state index in [4.69, 9.17) is 0 Å². The minimum atomic E-state index is -3.48. The molecule has 0 aliphatic rings. The van der Waals surface area contributed by atoms with E-state index in [1.807, 2.05) is 20.8 Å². The van der Waals surface area contributed by atoms with Gasteiger partial charge in [-0.1, -0.05) is 20.8 Å². The van der Waals surface area contributed by atoms with Gasteiger partial charge in [-0.05, 0) is 12.5 Å². The first-order valence-electron chi connectivity index (χ1n) is 6.08. The van der Waals surface area contributed by atoms with Crippen LogP contribution < -0.4 is 5.32 Å². The van der Waals surface area contributed by atoms with E-state index < -0.39 is 10.0 Å². The summed E-state index contributed by atoms with van der Waals surface area (Å²) in [5.41, 5.74) is 0.674. The molecule has 0 aliphatic heterocycles. The number of aromatic amines is 1. The van der Waals surface area contributed by atoms with Crippen LogP contribution in [0, 0.1) is 5.92 Å². The highest BCUT2D eigenvalue weighted by Crippen LogP contribution is 2.17. The molecule has 0 bridgehead atoms. The third-order valence-electron chi connectivity index (χ3n) is 2.53. The normalized spacial score (nSPS) is 12.6. The van der Waals surface area contributed by atoms with Crippen molar-refractivity contribution in [2.75, 3.05) is 20.1 Å². The van der Waals surface area contributed by atoms with Crippen LogP contribution in [0.5, 0.6) is 0 Å². The maximum absolute atomic E-state index is 12.3. The molecule has 0 spiro atoms. The van der Waals surface area contributed by atoms with E-state index in [1.165, 1.54) is 4.31 Å². The van der Waals surface area contributed by atoms with Crippen LogP contribution in [0.15, 0.2) is 11.2 Å². The van der Waals surface area contributed by atoms with Gasteiger partial charge in [0.2, 0.25) is 0 Å². The average molecular weight is 274 g/mol. The van der Waals surface area contributed by atoms with E-state index in [1.54, 1.807) is 13.2 Å². The Hall–Kier alpha value is -0.920. The number of rotatable bonds is 7. The van der Waals surface area contributed by atoms with Crippen LogP contribution in [-0.2, 0) is 16.6 Å². The Balaban J connectivity index is 2.94. The highest BCUT2D eigenvalue weighted by atomic mass is 32.2. The first-order chi connectivity index (χ1) is 8.39. The molecule has 7 heteroatoms.